The maximum absolute atomic E-state index is 11.1. The van der Waals surface area contributed by atoms with E-state index in [1.54, 1.807) is 18.1 Å². The highest BCUT2D eigenvalue weighted by atomic mass is 16.7. The highest BCUT2D eigenvalue weighted by Gasteiger charge is 2.38. The van der Waals surface area contributed by atoms with Crippen LogP contribution in [0.15, 0.2) is 42.7 Å². The number of rotatable bonds is 6. The Morgan fingerprint density at radius 3 is 2.54 bits per heavy atom. The van der Waals surface area contributed by atoms with Crippen molar-refractivity contribution in [1.82, 2.24) is 14.8 Å². The lowest BCUT2D eigenvalue weighted by molar-refractivity contribution is -0.222. The summed E-state index contributed by atoms with van der Waals surface area (Å²) in [6, 6.07) is 7.72. The van der Waals surface area contributed by atoms with Gasteiger partial charge < -0.3 is 19.3 Å². The van der Waals surface area contributed by atoms with Gasteiger partial charge in [0, 0.05) is 6.42 Å². The Bertz CT molecular complexity index is 733. The molecule has 1 N–H and O–H groups in total. The molecule has 1 fully saturated rings. The molecule has 2 aromatic rings. The summed E-state index contributed by atoms with van der Waals surface area (Å²) >= 11 is 0. The average molecular weight is 359 g/mol. The number of aliphatic hydroxyl groups is 1. The summed E-state index contributed by atoms with van der Waals surface area (Å²) in [5.74, 6) is 0.990. The van der Waals surface area contributed by atoms with E-state index in [1.807, 2.05) is 38.1 Å². The first-order valence-electron chi connectivity index (χ1n) is 8.69. The fraction of sp³-hybridized carbons (Fsp3) is 0.474. The summed E-state index contributed by atoms with van der Waals surface area (Å²) in [6.45, 7) is 4.71. The molecule has 0 bridgehead atoms. The summed E-state index contributed by atoms with van der Waals surface area (Å²) in [4.78, 5) is 4.01. The minimum absolute atomic E-state index is 0.202. The van der Waals surface area contributed by atoms with E-state index in [4.69, 9.17) is 14.2 Å². The van der Waals surface area contributed by atoms with Crippen molar-refractivity contribution in [2.45, 2.75) is 33.0 Å². The molecule has 0 unspecified atom stereocenters. The highest BCUT2D eigenvalue weighted by molar-refractivity contribution is 5.53. The highest BCUT2D eigenvalue weighted by Crippen LogP contribution is 2.35. The second kappa shape index (κ2) is 7.88. The molecule has 0 aliphatic carbocycles. The number of allylic oxidation sites excluding steroid dienone is 1. The molecule has 26 heavy (non-hydrogen) atoms. The van der Waals surface area contributed by atoms with Crippen LogP contribution in [0.2, 0.25) is 0 Å². The van der Waals surface area contributed by atoms with Crippen LogP contribution in [0.1, 0.15) is 25.8 Å². The smallest absolute Gasteiger partial charge is 0.157 e. The molecule has 0 amide bonds. The van der Waals surface area contributed by atoms with Crippen molar-refractivity contribution in [2.24, 2.45) is 5.41 Å². The van der Waals surface area contributed by atoms with Gasteiger partial charge in [-0.2, -0.15) is 5.10 Å². The van der Waals surface area contributed by atoms with Crippen LogP contribution in [0.25, 0.3) is 5.70 Å². The second-order valence-electron chi connectivity index (χ2n) is 6.68. The maximum Gasteiger partial charge on any atom is 0.157 e. The van der Waals surface area contributed by atoms with Crippen LogP contribution in [0.4, 0.5) is 0 Å². The Labute approximate surface area is 153 Å². The quantitative estimate of drug-likeness (QED) is 0.799. The predicted molar refractivity (Wildman–Crippen MR) is 96.7 cm³/mol. The van der Waals surface area contributed by atoms with Crippen LogP contribution in [0, 0.1) is 5.41 Å². The number of nitrogens with zero attached hydrogens (tertiary/aromatic N) is 3. The molecule has 7 nitrogen and oxygen atoms in total. The van der Waals surface area contributed by atoms with Crippen LogP contribution in [-0.2, 0) is 15.9 Å². The molecule has 140 valence electrons. The first-order valence-corrected chi connectivity index (χ1v) is 8.69. The van der Waals surface area contributed by atoms with Gasteiger partial charge in [0.15, 0.2) is 6.29 Å². The molecule has 0 spiro atoms. The van der Waals surface area contributed by atoms with Gasteiger partial charge in [-0.3, -0.25) is 0 Å². The van der Waals surface area contributed by atoms with E-state index in [0.717, 1.165) is 17.7 Å². The average Bonchev–Trinajstić information content (AvgIpc) is 3.21. The fourth-order valence-electron chi connectivity index (χ4n) is 2.92. The number of methoxy groups -OCH3 is 1. The summed E-state index contributed by atoms with van der Waals surface area (Å²) in [6.07, 6.45) is 4.09. The number of hydrogen-bond acceptors (Lipinski definition) is 6. The van der Waals surface area contributed by atoms with Crippen LogP contribution in [-0.4, -0.2) is 46.5 Å². The molecule has 7 heteroatoms. The number of benzene rings is 1. The van der Waals surface area contributed by atoms with Gasteiger partial charge in [0.1, 0.15) is 24.2 Å². The molecule has 3 rings (SSSR count). The van der Waals surface area contributed by atoms with Gasteiger partial charge in [0.05, 0.1) is 31.4 Å². The third-order valence-corrected chi connectivity index (χ3v) is 4.58. The van der Waals surface area contributed by atoms with Crippen molar-refractivity contribution in [3.05, 3.63) is 48.2 Å². The van der Waals surface area contributed by atoms with E-state index in [9.17, 15) is 5.11 Å². The maximum atomic E-state index is 11.1. The van der Waals surface area contributed by atoms with Gasteiger partial charge in [-0.05, 0) is 31.0 Å². The molecule has 0 radical (unpaired) electrons. The third-order valence-electron chi connectivity index (χ3n) is 4.58. The molecule has 1 aromatic carbocycles. The molecule has 0 atom stereocenters. The Hall–Kier alpha value is -2.38. The van der Waals surface area contributed by atoms with Crippen LogP contribution in [0.5, 0.6) is 5.75 Å². The minimum atomic E-state index is -0.639. The lowest BCUT2D eigenvalue weighted by Crippen LogP contribution is -2.41. The van der Waals surface area contributed by atoms with Gasteiger partial charge in [0.25, 0.3) is 0 Å². The second-order valence-corrected chi connectivity index (χ2v) is 6.68. The molecule has 2 heterocycles. The van der Waals surface area contributed by atoms with E-state index in [-0.39, 0.29) is 12.0 Å². The van der Waals surface area contributed by atoms with Crippen molar-refractivity contribution in [3.8, 4) is 5.75 Å². The molecular weight excluding hydrogens is 334 g/mol. The number of aliphatic hydroxyl groups excluding tert-OH is 1. The van der Waals surface area contributed by atoms with Crippen LogP contribution in [0.3, 0.4) is 0 Å². The molecule has 1 aliphatic rings. The zero-order valence-corrected chi connectivity index (χ0v) is 15.4. The van der Waals surface area contributed by atoms with Crippen molar-refractivity contribution >= 4 is 5.70 Å². The zero-order valence-electron chi connectivity index (χ0n) is 15.4. The summed E-state index contributed by atoms with van der Waals surface area (Å²) in [5, 5.41) is 15.3. The standard InChI is InChI=1S/C19H25N3O4/c1-4-17-25-10-19(2,11-26-17)18(23)16(22-13-20-12-21-22)9-14-5-7-15(24-3)8-6-14/h5-8,12-13,17,23H,4,9-11H2,1-3H3/b18-16+. The first-order chi connectivity index (χ1) is 12.6. The van der Waals surface area contributed by atoms with Crippen LogP contribution >= 0.6 is 0 Å². The first kappa shape index (κ1) is 18.4. The fourth-order valence-corrected chi connectivity index (χ4v) is 2.92. The van der Waals surface area contributed by atoms with Gasteiger partial charge in [-0.15, -0.1) is 0 Å². The largest absolute Gasteiger partial charge is 0.510 e. The minimum Gasteiger partial charge on any atom is -0.510 e. The van der Waals surface area contributed by atoms with Gasteiger partial charge in [-0.25, -0.2) is 9.67 Å². The predicted octanol–water partition coefficient (Wildman–Crippen LogP) is 3.05. The molecule has 1 saturated heterocycles. The molecule has 1 aromatic heterocycles. The van der Waals surface area contributed by atoms with E-state index in [2.05, 4.69) is 10.1 Å². The summed E-state index contributed by atoms with van der Waals surface area (Å²) in [5.41, 5.74) is 1.03. The van der Waals surface area contributed by atoms with Crippen molar-refractivity contribution < 1.29 is 19.3 Å². The Balaban J connectivity index is 1.91. The van der Waals surface area contributed by atoms with E-state index >= 15 is 0 Å². The normalized spacial score (nSPS) is 24.2. The van der Waals surface area contributed by atoms with E-state index in [1.165, 1.54) is 6.33 Å². The third kappa shape index (κ3) is 3.89. The summed E-state index contributed by atoms with van der Waals surface area (Å²) < 4.78 is 18.3. The van der Waals surface area contributed by atoms with Crippen molar-refractivity contribution in [1.29, 1.82) is 0 Å². The van der Waals surface area contributed by atoms with Crippen LogP contribution < -0.4 is 4.74 Å². The Kier molecular flexibility index (Phi) is 5.58. The van der Waals surface area contributed by atoms with Gasteiger partial charge in [-0.1, -0.05) is 19.1 Å². The molecular formula is C19H25N3O4. The lowest BCUT2D eigenvalue weighted by Gasteiger charge is -2.37. The Morgan fingerprint density at radius 1 is 1.31 bits per heavy atom. The zero-order chi connectivity index (χ0) is 18.6. The molecule has 0 saturated carbocycles. The van der Waals surface area contributed by atoms with E-state index in [0.29, 0.717) is 25.3 Å². The van der Waals surface area contributed by atoms with E-state index < -0.39 is 5.41 Å². The topological polar surface area (TPSA) is 78.6 Å². The number of ether oxygens (including phenoxy) is 3. The molecule has 1 aliphatic heterocycles. The lowest BCUT2D eigenvalue weighted by atomic mass is 9.87. The summed E-state index contributed by atoms with van der Waals surface area (Å²) in [7, 11) is 1.63. The van der Waals surface area contributed by atoms with Crippen molar-refractivity contribution in [2.75, 3.05) is 20.3 Å². The SMILES string of the molecule is CCC1OCC(C)(/C(O)=C(/Cc2ccc(OC)cc2)n2cncn2)CO1. The van der Waals surface area contributed by atoms with Gasteiger partial charge >= 0.3 is 0 Å². The Morgan fingerprint density at radius 2 is 2.00 bits per heavy atom. The number of hydrogen-bond donors (Lipinski definition) is 1. The van der Waals surface area contributed by atoms with Gasteiger partial charge in [0.2, 0.25) is 0 Å². The monoisotopic (exact) mass is 359 g/mol. The number of aromatic nitrogens is 3. The van der Waals surface area contributed by atoms with Crippen molar-refractivity contribution in [3.63, 3.8) is 0 Å².